The largest absolute Gasteiger partial charge is 0.502 e. The van der Waals surface area contributed by atoms with Gasteiger partial charge in [-0.2, -0.15) is 0 Å². The Hall–Kier alpha value is -1.46. The molecule has 1 unspecified atom stereocenters. The quantitative estimate of drug-likeness (QED) is 0.675. The van der Waals surface area contributed by atoms with Crippen LogP contribution in [-0.2, 0) is 6.42 Å². The van der Waals surface area contributed by atoms with E-state index in [1.54, 1.807) is 12.1 Å². The summed E-state index contributed by atoms with van der Waals surface area (Å²) >= 11 is 0. The van der Waals surface area contributed by atoms with E-state index in [9.17, 15) is 10.2 Å². The van der Waals surface area contributed by atoms with Gasteiger partial charge < -0.3 is 24.8 Å². The van der Waals surface area contributed by atoms with Gasteiger partial charge in [-0.25, -0.2) is 0 Å². The molecule has 0 fully saturated rings. The number of rotatable bonds is 5. The minimum Gasteiger partial charge on any atom is -0.502 e. The van der Waals surface area contributed by atoms with Crippen molar-refractivity contribution in [3.05, 3.63) is 17.7 Å². The number of aliphatic hydroxyl groups excluding tert-OH is 2. The molecule has 5 heteroatoms. The third-order valence-electron chi connectivity index (χ3n) is 2.22. The molecule has 0 spiro atoms. The molecule has 3 N–H and O–H groups in total. The first-order valence-corrected chi connectivity index (χ1v) is 4.85. The van der Waals surface area contributed by atoms with Crippen molar-refractivity contribution in [3.8, 4) is 17.2 Å². The molecule has 1 rings (SSSR count). The Morgan fingerprint density at radius 1 is 1.19 bits per heavy atom. The molecule has 0 aromatic heterocycles. The van der Waals surface area contributed by atoms with Crippen LogP contribution in [0.5, 0.6) is 17.2 Å². The number of hydrogen-bond donors (Lipinski definition) is 3. The molecule has 0 aliphatic carbocycles. The summed E-state index contributed by atoms with van der Waals surface area (Å²) in [5.74, 6) is 0.478. The maximum atomic E-state index is 9.64. The summed E-state index contributed by atoms with van der Waals surface area (Å²) in [6.07, 6.45) is -0.567. The molecule has 1 atom stereocenters. The molecule has 0 heterocycles. The molecule has 0 saturated heterocycles. The Labute approximate surface area is 93.9 Å². The van der Waals surface area contributed by atoms with E-state index in [1.807, 2.05) is 0 Å². The van der Waals surface area contributed by atoms with Crippen LogP contribution in [0.15, 0.2) is 12.1 Å². The maximum absolute atomic E-state index is 9.64. The molecule has 1 aromatic rings. The third-order valence-corrected chi connectivity index (χ3v) is 2.22. The zero-order valence-corrected chi connectivity index (χ0v) is 9.30. The summed E-state index contributed by atoms with van der Waals surface area (Å²) in [4.78, 5) is 0. The topological polar surface area (TPSA) is 79.2 Å². The summed E-state index contributed by atoms with van der Waals surface area (Å²) in [5, 5.41) is 27.7. The SMILES string of the molecule is COc1cc(CC(O)CO)cc(OC)c1O. The Morgan fingerprint density at radius 3 is 2.06 bits per heavy atom. The molecule has 0 aliphatic rings. The number of aliphatic hydroxyl groups is 2. The van der Waals surface area contributed by atoms with Crippen LogP contribution in [0.4, 0.5) is 0 Å². The predicted molar refractivity (Wildman–Crippen MR) is 58.0 cm³/mol. The first kappa shape index (κ1) is 12.6. The summed E-state index contributed by atoms with van der Waals surface area (Å²) in [7, 11) is 2.86. The van der Waals surface area contributed by atoms with Crippen LogP contribution in [0.3, 0.4) is 0 Å². The van der Waals surface area contributed by atoms with Crippen molar-refractivity contribution in [2.75, 3.05) is 20.8 Å². The lowest BCUT2D eigenvalue weighted by Gasteiger charge is -2.12. The van der Waals surface area contributed by atoms with Crippen LogP contribution >= 0.6 is 0 Å². The molecule has 0 aliphatic heterocycles. The number of phenols is 1. The Balaban J connectivity index is 3.02. The van der Waals surface area contributed by atoms with Gasteiger partial charge in [0.25, 0.3) is 0 Å². The molecule has 16 heavy (non-hydrogen) atoms. The number of hydrogen-bond acceptors (Lipinski definition) is 5. The zero-order chi connectivity index (χ0) is 12.1. The van der Waals surface area contributed by atoms with Gasteiger partial charge in [-0.3, -0.25) is 0 Å². The predicted octanol–water partition coefficient (Wildman–Crippen LogP) is 0.305. The van der Waals surface area contributed by atoms with E-state index < -0.39 is 6.10 Å². The van der Waals surface area contributed by atoms with Gasteiger partial charge in [-0.15, -0.1) is 0 Å². The lowest BCUT2D eigenvalue weighted by atomic mass is 10.1. The van der Waals surface area contributed by atoms with E-state index in [0.717, 1.165) is 0 Å². The number of phenolic OH excluding ortho intramolecular Hbond substituents is 1. The fraction of sp³-hybridized carbons (Fsp3) is 0.455. The molecule has 0 amide bonds. The Bertz CT molecular complexity index is 325. The number of methoxy groups -OCH3 is 2. The monoisotopic (exact) mass is 228 g/mol. The normalized spacial score (nSPS) is 12.2. The molecular weight excluding hydrogens is 212 g/mol. The summed E-state index contributed by atoms with van der Waals surface area (Å²) in [6.45, 7) is -0.314. The molecule has 90 valence electrons. The summed E-state index contributed by atoms with van der Waals surface area (Å²) in [5.41, 5.74) is 0.716. The first-order chi connectivity index (χ1) is 7.62. The van der Waals surface area contributed by atoms with Crippen molar-refractivity contribution in [2.45, 2.75) is 12.5 Å². The smallest absolute Gasteiger partial charge is 0.200 e. The number of aromatic hydroxyl groups is 1. The lowest BCUT2D eigenvalue weighted by Crippen LogP contribution is -2.15. The van der Waals surface area contributed by atoms with Crippen LogP contribution < -0.4 is 9.47 Å². The lowest BCUT2D eigenvalue weighted by molar-refractivity contribution is 0.0954. The van der Waals surface area contributed by atoms with Crippen molar-refractivity contribution < 1.29 is 24.8 Å². The number of benzene rings is 1. The van der Waals surface area contributed by atoms with Gasteiger partial charge in [0.05, 0.1) is 26.9 Å². The Morgan fingerprint density at radius 2 is 1.69 bits per heavy atom. The third kappa shape index (κ3) is 2.77. The standard InChI is InChI=1S/C11H16O5/c1-15-9-4-7(3-8(13)6-12)5-10(16-2)11(9)14/h4-5,8,12-14H,3,6H2,1-2H3. The van der Waals surface area contributed by atoms with Gasteiger partial charge >= 0.3 is 0 Å². The number of ether oxygens (including phenoxy) is 2. The zero-order valence-electron chi connectivity index (χ0n) is 9.30. The van der Waals surface area contributed by atoms with E-state index in [0.29, 0.717) is 5.56 Å². The highest BCUT2D eigenvalue weighted by molar-refractivity contribution is 5.52. The molecule has 0 bridgehead atoms. The van der Waals surface area contributed by atoms with E-state index in [4.69, 9.17) is 14.6 Å². The van der Waals surface area contributed by atoms with Crippen LogP contribution in [0, 0.1) is 0 Å². The fourth-order valence-corrected chi connectivity index (χ4v) is 1.40. The van der Waals surface area contributed by atoms with Gasteiger partial charge in [-0.1, -0.05) is 0 Å². The van der Waals surface area contributed by atoms with Crippen LogP contribution in [0.2, 0.25) is 0 Å². The highest BCUT2D eigenvalue weighted by Crippen LogP contribution is 2.37. The molecular formula is C11H16O5. The van der Waals surface area contributed by atoms with Gasteiger partial charge in [0, 0.05) is 6.42 Å². The molecule has 0 saturated carbocycles. The van der Waals surface area contributed by atoms with Crippen molar-refractivity contribution in [1.29, 1.82) is 0 Å². The Kier molecular flexibility index (Phi) is 4.39. The fourth-order valence-electron chi connectivity index (χ4n) is 1.40. The van der Waals surface area contributed by atoms with E-state index in [1.165, 1.54) is 14.2 Å². The van der Waals surface area contributed by atoms with E-state index in [2.05, 4.69) is 0 Å². The first-order valence-electron chi connectivity index (χ1n) is 4.85. The second kappa shape index (κ2) is 5.58. The average molecular weight is 228 g/mol. The van der Waals surface area contributed by atoms with E-state index >= 15 is 0 Å². The highest BCUT2D eigenvalue weighted by Gasteiger charge is 2.13. The van der Waals surface area contributed by atoms with Gasteiger partial charge in [0.1, 0.15) is 0 Å². The molecule has 5 nitrogen and oxygen atoms in total. The van der Waals surface area contributed by atoms with Crippen LogP contribution in [-0.4, -0.2) is 42.3 Å². The van der Waals surface area contributed by atoms with Gasteiger partial charge in [0.2, 0.25) is 5.75 Å². The van der Waals surface area contributed by atoms with Gasteiger partial charge in [-0.05, 0) is 17.7 Å². The van der Waals surface area contributed by atoms with Crippen LogP contribution in [0.1, 0.15) is 5.56 Å². The highest BCUT2D eigenvalue weighted by atomic mass is 16.5. The van der Waals surface area contributed by atoms with Crippen molar-refractivity contribution in [3.63, 3.8) is 0 Å². The summed E-state index contributed by atoms with van der Waals surface area (Å²) in [6, 6.07) is 3.19. The van der Waals surface area contributed by atoms with Gasteiger partial charge in [0.15, 0.2) is 11.5 Å². The molecule has 0 radical (unpaired) electrons. The minimum absolute atomic E-state index is 0.0766. The summed E-state index contributed by atoms with van der Waals surface area (Å²) < 4.78 is 9.94. The molecule has 1 aromatic carbocycles. The van der Waals surface area contributed by atoms with Crippen molar-refractivity contribution in [2.24, 2.45) is 0 Å². The average Bonchev–Trinajstić information content (AvgIpc) is 2.30. The van der Waals surface area contributed by atoms with Crippen molar-refractivity contribution >= 4 is 0 Å². The minimum atomic E-state index is -0.834. The maximum Gasteiger partial charge on any atom is 0.200 e. The van der Waals surface area contributed by atoms with Crippen molar-refractivity contribution in [1.82, 2.24) is 0 Å². The second-order valence-electron chi connectivity index (χ2n) is 3.39. The second-order valence-corrected chi connectivity index (χ2v) is 3.39. The van der Waals surface area contributed by atoms with Crippen LogP contribution in [0.25, 0.3) is 0 Å². The van der Waals surface area contributed by atoms with E-state index in [-0.39, 0.29) is 30.3 Å².